The van der Waals surface area contributed by atoms with E-state index in [0.29, 0.717) is 6.42 Å². The summed E-state index contributed by atoms with van der Waals surface area (Å²) in [5.41, 5.74) is 2.32. The number of H-pyrrole nitrogens is 1. The van der Waals surface area contributed by atoms with Crippen molar-refractivity contribution in [2.45, 2.75) is 114 Å². The number of benzene rings is 3. The highest BCUT2D eigenvalue weighted by atomic mass is 16.7. The van der Waals surface area contributed by atoms with E-state index >= 15 is 0 Å². The lowest BCUT2D eigenvalue weighted by atomic mass is 9.88. The molecule has 4 aromatic rings. The number of hydrogen-bond acceptors (Lipinski definition) is 8. The Balaban J connectivity index is 1.27. The summed E-state index contributed by atoms with van der Waals surface area (Å²) in [6.45, 7) is 12.0. The van der Waals surface area contributed by atoms with Crippen LogP contribution in [0.3, 0.4) is 0 Å². The van der Waals surface area contributed by atoms with Gasteiger partial charge >= 0.3 is 0 Å². The van der Waals surface area contributed by atoms with E-state index in [0.717, 1.165) is 27.6 Å². The monoisotopic (exact) mass is 792 g/mol. The molecule has 0 saturated carbocycles. The minimum absolute atomic E-state index is 0.0545. The first kappa shape index (κ1) is 41.1. The fourth-order valence-electron chi connectivity index (χ4n) is 8.32. The standard InChI is InChI=1S/C45H56N6O7/c1-44(2,3)56-35-26-51-37(38(35)57-45(4,5)6)36-39(58-51)43(55)50-34(23-29-24-46-32-20-14-13-19-31(29)32)41(53)49-33(22-28-17-11-8-12-18-28)40(52)48-30(25-47-42(36)54)21-27-15-9-7-10-16-27/h7-20,24,30,33-39,46H,21-23,25-26H2,1-6H3,(H,47,54)(H,48,52)(H,49,53)(H,50,55)/t30-,33-,34-,35+,36-,37+,38+,39+/m0/s1. The Morgan fingerprint density at radius 3 is 1.93 bits per heavy atom. The maximum atomic E-state index is 14.7. The van der Waals surface area contributed by atoms with Crippen molar-refractivity contribution < 1.29 is 33.5 Å². The Morgan fingerprint density at radius 2 is 1.26 bits per heavy atom. The van der Waals surface area contributed by atoms with E-state index < -0.39 is 83.2 Å². The number of aromatic amines is 1. The predicted octanol–water partition coefficient (Wildman–Crippen LogP) is 3.76. The van der Waals surface area contributed by atoms with Crippen LogP contribution < -0.4 is 21.3 Å². The number of ether oxygens (including phenoxy) is 2. The van der Waals surface area contributed by atoms with Gasteiger partial charge in [0.2, 0.25) is 17.7 Å². The molecule has 3 aliphatic rings. The average molecular weight is 793 g/mol. The van der Waals surface area contributed by atoms with E-state index in [-0.39, 0.29) is 25.9 Å². The van der Waals surface area contributed by atoms with Crippen molar-refractivity contribution in [3.8, 4) is 0 Å². The fraction of sp³-hybridized carbons (Fsp3) is 0.467. The Labute approximate surface area is 339 Å². The summed E-state index contributed by atoms with van der Waals surface area (Å²) >= 11 is 0. The molecule has 3 aromatic carbocycles. The topological polar surface area (TPSA) is 163 Å². The van der Waals surface area contributed by atoms with Crippen LogP contribution in [0.15, 0.2) is 91.1 Å². The van der Waals surface area contributed by atoms with Crippen LogP contribution in [0.2, 0.25) is 0 Å². The number of rotatable bonds is 8. The number of nitrogens with one attached hydrogen (secondary N) is 5. The van der Waals surface area contributed by atoms with Gasteiger partial charge in [-0.15, -0.1) is 0 Å². The Kier molecular flexibility index (Phi) is 12.1. The molecule has 4 heterocycles. The summed E-state index contributed by atoms with van der Waals surface area (Å²) in [7, 11) is 0. The average Bonchev–Trinajstić information content (AvgIpc) is 3.84. The smallest absolute Gasteiger partial charge is 0.252 e. The van der Waals surface area contributed by atoms with E-state index in [4.69, 9.17) is 14.3 Å². The number of carbonyl (C=O) groups excluding carboxylic acids is 4. The minimum Gasteiger partial charge on any atom is -0.368 e. The summed E-state index contributed by atoms with van der Waals surface area (Å²) in [5, 5.41) is 14.7. The lowest BCUT2D eigenvalue weighted by molar-refractivity contribution is -0.175. The zero-order chi connectivity index (χ0) is 41.2. The molecular weight excluding hydrogens is 737 g/mol. The molecular formula is C45H56N6O7. The van der Waals surface area contributed by atoms with Gasteiger partial charge in [-0.2, -0.15) is 5.06 Å². The van der Waals surface area contributed by atoms with Crippen LogP contribution in [0.1, 0.15) is 58.2 Å². The Morgan fingerprint density at radius 1 is 0.672 bits per heavy atom. The van der Waals surface area contributed by atoms with E-state index in [1.165, 1.54) is 0 Å². The first-order valence-electron chi connectivity index (χ1n) is 20.2. The highest BCUT2D eigenvalue weighted by Gasteiger charge is 2.61. The molecule has 13 heteroatoms. The quantitative estimate of drug-likeness (QED) is 0.180. The number of aromatic nitrogens is 1. The first-order chi connectivity index (χ1) is 27.6. The summed E-state index contributed by atoms with van der Waals surface area (Å²) in [6.07, 6.45) is 0.117. The molecule has 58 heavy (non-hydrogen) atoms. The summed E-state index contributed by atoms with van der Waals surface area (Å²) < 4.78 is 13.1. The second-order valence-electron chi connectivity index (χ2n) is 17.6. The number of amides is 4. The molecule has 0 spiro atoms. The molecule has 4 amide bonds. The Bertz CT molecular complexity index is 2080. The molecule has 3 fully saturated rings. The van der Waals surface area contributed by atoms with Gasteiger partial charge in [0.1, 0.15) is 24.3 Å². The van der Waals surface area contributed by atoms with Crippen LogP contribution in [-0.2, 0) is 52.8 Å². The third-order valence-corrected chi connectivity index (χ3v) is 10.7. The molecule has 3 saturated heterocycles. The number of para-hydroxylation sites is 1. The number of fused-ring (bicyclic) bond motifs is 4. The molecule has 8 atom stereocenters. The molecule has 0 aliphatic carbocycles. The van der Waals surface area contributed by atoms with Crippen LogP contribution in [-0.4, -0.2) is 100 Å². The third-order valence-electron chi connectivity index (χ3n) is 10.7. The minimum atomic E-state index is -1.30. The second-order valence-corrected chi connectivity index (χ2v) is 17.6. The van der Waals surface area contributed by atoms with Crippen LogP contribution >= 0.6 is 0 Å². The van der Waals surface area contributed by atoms with E-state index in [1.54, 1.807) is 5.06 Å². The van der Waals surface area contributed by atoms with Crippen molar-refractivity contribution in [3.63, 3.8) is 0 Å². The maximum absolute atomic E-state index is 14.7. The van der Waals surface area contributed by atoms with Crippen molar-refractivity contribution in [2.75, 3.05) is 13.1 Å². The third kappa shape index (κ3) is 9.78. The molecule has 0 unspecified atom stereocenters. The predicted molar refractivity (Wildman–Crippen MR) is 219 cm³/mol. The summed E-state index contributed by atoms with van der Waals surface area (Å²) in [6, 6.07) is 23.4. The number of nitrogens with zero attached hydrogens (tertiary/aromatic N) is 1. The van der Waals surface area contributed by atoms with Gasteiger partial charge in [-0.1, -0.05) is 78.9 Å². The normalized spacial score (nSPS) is 27.6. The molecule has 0 bridgehead atoms. The second kappa shape index (κ2) is 17.0. The first-order valence-corrected chi connectivity index (χ1v) is 20.2. The Hall–Kier alpha value is -5.08. The van der Waals surface area contributed by atoms with Crippen LogP contribution in [0, 0.1) is 5.92 Å². The van der Waals surface area contributed by atoms with Gasteiger partial charge in [0, 0.05) is 36.5 Å². The van der Waals surface area contributed by atoms with Crippen LogP contribution in [0.5, 0.6) is 0 Å². The van der Waals surface area contributed by atoms with Crippen molar-refractivity contribution >= 4 is 34.5 Å². The lowest BCUT2D eigenvalue weighted by Crippen LogP contribution is -2.60. The molecule has 7 rings (SSSR count). The number of hydroxylamine groups is 2. The van der Waals surface area contributed by atoms with Crippen molar-refractivity contribution in [1.29, 1.82) is 0 Å². The van der Waals surface area contributed by atoms with Crippen molar-refractivity contribution in [1.82, 2.24) is 31.3 Å². The lowest BCUT2D eigenvalue weighted by Gasteiger charge is -2.36. The molecule has 0 radical (unpaired) electrons. The largest absolute Gasteiger partial charge is 0.368 e. The van der Waals surface area contributed by atoms with Gasteiger partial charge in [-0.3, -0.25) is 24.0 Å². The van der Waals surface area contributed by atoms with E-state index in [9.17, 15) is 19.2 Å². The van der Waals surface area contributed by atoms with E-state index in [1.807, 2.05) is 133 Å². The van der Waals surface area contributed by atoms with Gasteiger partial charge in [0.15, 0.2) is 6.10 Å². The highest BCUT2D eigenvalue weighted by molar-refractivity contribution is 5.96. The molecule has 308 valence electrons. The molecule has 1 aromatic heterocycles. The number of carbonyl (C=O) groups is 4. The zero-order valence-electron chi connectivity index (χ0n) is 34.1. The van der Waals surface area contributed by atoms with E-state index in [2.05, 4.69) is 26.3 Å². The van der Waals surface area contributed by atoms with Crippen LogP contribution in [0.25, 0.3) is 10.9 Å². The van der Waals surface area contributed by atoms with Gasteiger partial charge in [0.25, 0.3) is 5.91 Å². The maximum Gasteiger partial charge on any atom is 0.252 e. The SMILES string of the molecule is CC(C)(C)O[C@H]1[C@H]2[C@@H]3C(=O)NC[C@H](Cc4ccccc4)NC(=O)[C@H](Cc4ccccc4)NC(=O)[C@H](Cc4c[nH]c5ccccc45)NC(=O)[C@@H]3ON2C[C@H]1OC(C)(C)C. The van der Waals surface area contributed by atoms with Gasteiger partial charge in [-0.05, 0) is 70.7 Å². The van der Waals surface area contributed by atoms with Gasteiger partial charge in [-0.25, -0.2) is 0 Å². The summed E-state index contributed by atoms with van der Waals surface area (Å²) in [4.78, 5) is 68.0. The number of hydrogen-bond donors (Lipinski definition) is 5. The van der Waals surface area contributed by atoms with Crippen molar-refractivity contribution in [3.05, 3.63) is 108 Å². The fourth-order valence-corrected chi connectivity index (χ4v) is 8.32. The summed E-state index contributed by atoms with van der Waals surface area (Å²) in [5.74, 6) is -3.07. The molecule has 5 N–H and O–H groups in total. The van der Waals surface area contributed by atoms with Crippen LogP contribution in [0.4, 0.5) is 0 Å². The molecule has 13 nitrogen and oxygen atoms in total. The van der Waals surface area contributed by atoms with Crippen molar-refractivity contribution in [2.24, 2.45) is 5.92 Å². The van der Waals surface area contributed by atoms with Gasteiger partial charge < -0.3 is 35.7 Å². The highest BCUT2D eigenvalue weighted by Crippen LogP contribution is 2.41. The molecule has 3 aliphatic heterocycles. The van der Waals surface area contributed by atoms with Gasteiger partial charge in [0.05, 0.1) is 35.7 Å². The zero-order valence-corrected chi connectivity index (χ0v) is 34.1.